The van der Waals surface area contributed by atoms with Gasteiger partial charge in [-0.25, -0.2) is 4.98 Å². The number of rotatable bonds is 3. The molecule has 0 saturated carbocycles. The first-order valence-corrected chi connectivity index (χ1v) is 6.52. The summed E-state index contributed by atoms with van der Waals surface area (Å²) in [5.74, 6) is 0. The molecule has 1 unspecified atom stereocenters. The van der Waals surface area contributed by atoms with Gasteiger partial charge in [0, 0.05) is 24.1 Å². The van der Waals surface area contributed by atoms with Crippen LogP contribution in [0, 0.1) is 0 Å². The van der Waals surface area contributed by atoms with Crippen LogP contribution in [0.1, 0.15) is 17.2 Å². The van der Waals surface area contributed by atoms with Crippen LogP contribution in [-0.4, -0.2) is 22.4 Å². The molecule has 5 heteroatoms. The average molecular weight is 246 g/mol. The number of aromatic nitrogens is 2. The summed E-state index contributed by atoms with van der Waals surface area (Å²) in [6.45, 7) is 1.89. The molecule has 2 N–H and O–H groups in total. The Morgan fingerprint density at radius 1 is 1.41 bits per heavy atom. The first-order chi connectivity index (χ1) is 8.43. The van der Waals surface area contributed by atoms with E-state index in [1.54, 1.807) is 6.33 Å². The number of benzene rings is 1. The van der Waals surface area contributed by atoms with Crippen LogP contribution in [0.15, 0.2) is 30.6 Å². The van der Waals surface area contributed by atoms with Crippen molar-refractivity contribution < 1.29 is 0 Å². The van der Waals surface area contributed by atoms with Crippen molar-refractivity contribution in [3.05, 3.63) is 41.7 Å². The molecule has 1 aliphatic rings. The van der Waals surface area contributed by atoms with Gasteiger partial charge in [-0.3, -0.25) is 0 Å². The van der Waals surface area contributed by atoms with Crippen molar-refractivity contribution >= 4 is 16.7 Å². The van der Waals surface area contributed by atoms with E-state index in [-0.39, 0.29) is 0 Å². The number of hydrogen-bond acceptors (Lipinski definition) is 5. The van der Waals surface area contributed by atoms with E-state index < -0.39 is 0 Å². The van der Waals surface area contributed by atoms with E-state index in [2.05, 4.69) is 44.3 Å². The summed E-state index contributed by atoms with van der Waals surface area (Å²) in [6.07, 6.45) is 2.70. The highest BCUT2D eigenvalue weighted by Gasteiger charge is 2.18. The van der Waals surface area contributed by atoms with Gasteiger partial charge < -0.3 is 10.6 Å². The maximum absolute atomic E-state index is 4.13. The zero-order chi connectivity index (χ0) is 11.5. The van der Waals surface area contributed by atoms with Crippen LogP contribution in [0.5, 0.6) is 0 Å². The van der Waals surface area contributed by atoms with Crippen molar-refractivity contribution in [1.82, 2.24) is 14.7 Å². The molecule has 0 radical (unpaired) electrons. The fourth-order valence-corrected chi connectivity index (χ4v) is 2.65. The zero-order valence-electron chi connectivity index (χ0n) is 9.39. The van der Waals surface area contributed by atoms with Crippen molar-refractivity contribution in [3.63, 3.8) is 0 Å². The van der Waals surface area contributed by atoms with Gasteiger partial charge in [-0.2, -0.15) is 4.37 Å². The third kappa shape index (κ3) is 2.30. The highest BCUT2D eigenvalue weighted by atomic mass is 32.1. The molecule has 1 aliphatic heterocycles. The minimum absolute atomic E-state index is 0.365. The lowest BCUT2D eigenvalue weighted by Gasteiger charge is -2.26. The second kappa shape index (κ2) is 4.81. The van der Waals surface area contributed by atoms with Gasteiger partial charge in [-0.05, 0) is 24.1 Å². The summed E-state index contributed by atoms with van der Waals surface area (Å²) in [6, 6.07) is 8.99. The Kier molecular flexibility index (Phi) is 3.02. The van der Waals surface area contributed by atoms with E-state index in [1.807, 2.05) is 0 Å². The van der Waals surface area contributed by atoms with Crippen LogP contribution in [0.25, 0.3) is 0 Å². The SMILES string of the molecule is c1ccc2c(c1)CCNC2CNc1ncns1. The Labute approximate surface area is 104 Å². The molecule has 0 aliphatic carbocycles. The van der Waals surface area contributed by atoms with Crippen LogP contribution < -0.4 is 10.6 Å². The van der Waals surface area contributed by atoms with Crippen LogP contribution in [0.4, 0.5) is 5.13 Å². The predicted octanol–water partition coefficient (Wildman–Crippen LogP) is 1.84. The molecule has 3 rings (SSSR count). The highest BCUT2D eigenvalue weighted by Crippen LogP contribution is 2.23. The first kappa shape index (κ1) is 10.7. The minimum atomic E-state index is 0.365. The number of fused-ring (bicyclic) bond motifs is 1. The van der Waals surface area contributed by atoms with Crippen molar-refractivity contribution in [2.45, 2.75) is 12.5 Å². The Bertz CT molecular complexity index is 483. The standard InChI is InChI=1S/C12H14N4S/c1-2-4-10-9(3-1)5-6-13-11(10)7-14-12-15-8-16-17-12/h1-4,8,11,13H,5-7H2,(H,14,15,16). The summed E-state index contributed by atoms with van der Waals surface area (Å²) < 4.78 is 3.98. The molecule has 1 atom stereocenters. The van der Waals surface area contributed by atoms with E-state index in [9.17, 15) is 0 Å². The van der Waals surface area contributed by atoms with Crippen LogP contribution in [-0.2, 0) is 6.42 Å². The Hall–Kier alpha value is -1.46. The number of anilines is 1. The van der Waals surface area contributed by atoms with Crippen LogP contribution >= 0.6 is 11.5 Å². The van der Waals surface area contributed by atoms with E-state index in [0.29, 0.717) is 6.04 Å². The van der Waals surface area contributed by atoms with Gasteiger partial charge in [-0.15, -0.1) is 0 Å². The van der Waals surface area contributed by atoms with Crippen molar-refractivity contribution in [3.8, 4) is 0 Å². The second-order valence-corrected chi connectivity index (χ2v) is 4.86. The van der Waals surface area contributed by atoms with Crippen molar-refractivity contribution in [2.75, 3.05) is 18.4 Å². The van der Waals surface area contributed by atoms with Gasteiger partial charge in [0.05, 0.1) is 0 Å². The Morgan fingerprint density at radius 3 is 3.24 bits per heavy atom. The van der Waals surface area contributed by atoms with Gasteiger partial charge in [0.15, 0.2) is 0 Å². The third-order valence-electron chi connectivity index (χ3n) is 3.03. The summed E-state index contributed by atoms with van der Waals surface area (Å²) in [7, 11) is 0. The minimum Gasteiger partial charge on any atom is -0.358 e. The van der Waals surface area contributed by atoms with Gasteiger partial charge in [0.1, 0.15) is 6.33 Å². The highest BCUT2D eigenvalue weighted by molar-refractivity contribution is 7.09. The number of nitrogens with zero attached hydrogens (tertiary/aromatic N) is 2. The molecular weight excluding hydrogens is 232 g/mol. The number of hydrogen-bond donors (Lipinski definition) is 2. The van der Waals surface area contributed by atoms with E-state index in [4.69, 9.17) is 0 Å². The van der Waals surface area contributed by atoms with Gasteiger partial charge in [0.25, 0.3) is 0 Å². The lowest BCUT2D eigenvalue weighted by Crippen LogP contribution is -2.34. The first-order valence-electron chi connectivity index (χ1n) is 5.75. The maximum Gasteiger partial charge on any atom is 0.202 e. The fraction of sp³-hybridized carbons (Fsp3) is 0.333. The molecule has 2 heterocycles. The molecule has 0 bridgehead atoms. The Morgan fingerprint density at radius 2 is 2.35 bits per heavy atom. The maximum atomic E-state index is 4.13. The lowest BCUT2D eigenvalue weighted by molar-refractivity contribution is 0.523. The molecule has 2 aromatic rings. The van der Waals surface area contributed by atoms with Crippen LogP contribution in [0.3, 0.4) is 0 Å². The summed E-state index contributed by atoms with van der Waals surface area (Å²) in [5.41, 5.74) is 2.85. The Balaban J connectivity index is 1.72. The summed E-state index contributed by atoms with van der Waals surface area (Å²) >= 11 is 1.39. The fourth-order valence-electron chi connectivity index (χ4n) is 2.22. The predicted molar refractivity (Wildman–Crippen MR) is 69.3 cm³/mol. The molecule has 1 aromatic heterocycles. The van der Waals surface area contributed by atoms with Gasteiger partial charge >= 0.3 is 0 Å². The molecule has 0 fully saturated rings. The lowest BCUT2D eigenvalue weighted by atomic mass is 9.94. The zero-order valence-corrected chi connectivity index (χ0v) is 10.2. The van der Waals surface area contributed by atoms with Crippen molar-refractivity contribution in [1.29, 1.82) is 0 Å². The smallest absolute Gasteiger partial charge is 0.202 e. The third-order valence-corrected chi connectivity index (χ3v) is 3.66. The molecule has 88 valence electrons. The van der Waals surface area contributed by atoms with E-state index in [1.165, 1.54) is 22.7 Å². The number of nitrogens with one attached hydrogen (secondary N) is 2. The molecular formula is C12H14N4S. The van der Waals surface area contributed by atoms with Crippen molar-refractivity contribution in [2.24, 2.45) is 0 Å². The average Bonchev–Trinajstić information content (AvgIpc) is 2.89. The van der Waals surface area contributed by atoms with Gasteiger partial charge in [0.2, 0.25) is 5.13 Å². The quantitative estimate of drug-likeness (QED) is 0.867. The molecule has 17 heavy (non-hydrogen) atoms. The largest absolute Gasteiger partial charge is 0.358 e. The monoisotopic (exact) mass is 246 g/mol. The van der Waals surface area contributed by atoms with E-state index in [0.717, 1.165) is 24.6 Å². The molecule has 1 aromatic carbocycles. The molecule has 0 spiro atoms. The molecule has 4 nitrogen and oxygen atoms in total. The topological polar surface area (TPSA) is 49.8 Å². The van der Waals surface area contributed by atoms with Crippen LogP contribution in [0.2, 0.25) is 0 Å². The molecule has 0 amide bonds. The molecule has 0 saturated heterocycles. The van der Waals surface area contributed by atoms with E-state index >= 15 is 0 Å². The summed E-state index contributed by atoms with van der Waals surface area (Å²) in [4.78, 5) is 4.13. The second-order valence-electron chi connectivity index (χ2n) is 4.08. The summed E-state index contributed by atoms with van der Waals surface area (Å²) in [5, 5.41) is 7.73. The normalized spacial score (nSPS) is 18.7. The van der Waals surface area contributed by atoms with Gasteiger partial charge in [-0.1, -0.05) is 24.3 Å².